The zero-order valence-electron chi connectivity index (χ0n) is 6.00. The van der Waals surface area contributed by atoms with Crippen LogP contribution in [0.25, 0.3) is 0 Å². The second kappa shape index (κ2) is 6.74. The molecule has 0 aromatic heterocycles. The van der Waals surface area contributed by atoms with Crippen molar-refractivity contribution in [3.05, 3.63) is 6.54 Å². The van der Waals surface area contributed by atoms with Crippen molar-refractivity contribution in [2.45, 2.75) is 20.1 Å². The number of aliphatic imine (C=N–C) groups is 1. The summed E-state index contributed by atoms with van der Waals surface area (Å²) in [6.45, 7) is 4.86. The fourth-order valence-electron chi connectivity index (χ4n) is 0.390. The first-order chi connectivity index (χ1) is 4.16. The van der Waals surface area contributed by atoms with E-state index in [1.54, 1.807) is 20.4 Å². The Bertz CT molecular complexity index is 105. The average molecular weight is 185 g/mol. The maximum absolute atomic E-state index is 8.66. The predicted molar refractivity (Wildman–Crippen MR) is 36.4 cm³/mol. The Morgan fingerprint density at radius 3 is 2.60 bits per heavy atom. The van der Waals surface area contributed by atoms with Gasteiger partial charge in [-0.2, -0.15) is 0 Å². The van der Waals surface area contributed by atoms with Crippen molar-refractivity contribution >= 4 is 5.96 Å². The Balaban J connectivity index is 0. The van der Waals surface area contributed by atoms with Crippen LogP contribution < -0.4 is 11.1 Å². The topological polar surface area (TPSA) is 70.6 Å². The van der Waals surface area contributed by atoms with E-state index in [-0.39, 0.29) is 23.0 Å². The normalized spacial score (nSPS) is 13.3. The summed E-state index contributed by atoms with van der Waals surface area (Å²) in [5.41, 5.74) is 5.23. The minimum atomic E-state index is -0.645. The van der Waals surface area contributed by atoms with Gasteiger partial charge in [-0.05, 0) is 6.92 Å². The van der Waals surface area contributed by atoms with Gasteiger partial charge < -0.3 is 21.1 Å². The molecule has 0 saturated heterocycles. The molecule has 0 aromatic rings. The summed E-state index contributed by atoms with van der Waals surface area (Å²) >= 11 is 0. The fourth-order valence-corrected chi connectivity index (χ4v) is 0.390. The van der Waals surface area contributed by atoms with E-state index in [1.165, 1.54) is 0 Å². The summed E-state index contributed by atoms with van der Waals surface area (Å²) in [4.78, 5) is 3.66. The van der Waals surface area contributed by atoms with Crippen LogP contribution in [-0.4, -0.2) is 17.3 Å². The van der Waals surface area contributed by atoms with Gasteiger partial charge in [-0.25, -0.2) is 0 Å². The number of nitrogens with two attached hydrogens (primary N) is 1. The van der Waals surface area contributed by atoms with Crippen molar-refractivity contribution in [3.63, 3.8) is 0 Å². The molecule has 0 aliphatic carbocycles. The van der Waals surface area contributed by atoms with E-state index in [0.717, 1.165) is 0 Å². The number of guanidine groups is 1. The van der Waals surface area contributed by atoms with Gasteiger partial charge in [0, 0.05) is 23.0 Å². The molecule has 0 fully saturated rings. The molecular formula is C5H12MnN3O-. The molecule has 5 heteroatoms. The van der Waals surface area contributed by atoms with E-state index in [9.17, 15) is 0 Å². The molecule has 0 bridgehead atoms. The standard InChI is InChI=1S/C5H12N3O.Mn/c1-3-7-5(6)8-4(2)9;/h3-4,9H,1-2H3,(H3,6,7,8);/q-1;. The van der Waals surface area contributed by atoms with E-state index in [4.69, 9.17) is 10.8 Å². The van der Waals surface area contributed by atoms with Crippen LogP contribution in [0.3, 0.4) is 0 Å². The molecule has 1 unspecified atom stereocenters. The number of nitrogens with zero attached hydrogens (tertiary/aromatic N) is 1. The Morgan fingerprint density at radius 2 is 2.30 bits per heavy atom. The van der Waals surface area contributed by atoms with Gasteiger partial charge in [0.05, 0.1) is 0 Å². The first-order valence-corrected chi connectivity index (χ1v) is 2.72. The Kier molecular flexibility index (Phi) is 8.29. The molecule has 0 aliphatic rings. The number of rotatable bonds is 2. The molecule has 0 aliphatic heterocycles. The molecular weight excluding hydrogens is 173 g/mol. The first kappa shape index (κ1) is 12.3. The molecule has 10 heavy (non-hydrogen) atoms. The van der Waals surface area contributed by atoms with Crippen LogP contribution in [0, 0.1) is 6.54 Å². The number of nitrogens with one attached hydrogen (secondary N) is 1. The number of hydrogen-bond donors (Lipinski definition) is 3. The zero-order valence-corrected chi connectivity index (χ0v) is 7.18. The van der Waals surface area contributed by atoms with Gasteiger partial charge in [-0.15, -0.1) is 6.54 Å². The average Bonchev–Trinajstić information content (AvgIpc) is 1.63. The molecule has 0 saturated carbocycles. The Hall–Kier alpha value is -0.381. The molecule has 1 radical (unpaired) electrons. The predicted octanol–water partition coefficient (Wildman–Crippen LogP) is -0.592. The fraction of sp³-hybridized carbons (Fsp3) is 0.600. The monoisotopic (exact) mass is 185 g/mol. The molecule has 0 rings (SSSR count). The summed E-state index contributed by atoms with van der Waals surface area (Å²) in [7, 11) is 0. The molecule has 1 atom stereocenters. The third-order valence-electron chi connectivity index (χ3n) is 0.625. The van der Waals surface area contributed by atoms with E-state index < -0.39 is 6.23 Å². The molecule has 0 heterocycles. The van der Waals surface area contributed by atoms with E-state index in [0.29, 0.717) is 0 Å². The van der Waals surface area contributed by atoms with Gasteiger partial charge in [0.1, 0.15) is 6.23 Å². The Labute approximate surface area is 71.4 Å². The minimum Gasteiger partial charge on any atom is -0.447 e. The second-order valence-electron chi connectivity index (χ2n) is 1.59. The third kappa shape index (κ3) is 7.62. The van der Waals surface area contributed by atoms with Crippen LogP contribution in [-0.2, 0) is 17.1 Å². The molecule has 4 N–H and O–H groups in total. The second-order valence-corrected chi connectivity index (χ2v) is 1.59. The van der Waals surface area contributed by atoms with Crippen LogP contribution in [0.15, 0.2) is 4.99 Å². The van der Waals surface area contributed by atoms with Gasteiger partial charge in [-0.1, -0.05) is 6.92 Å². The summed E-state index contributed by atoms with van der Waals surface area (Å²) in [5.74, 6) is 0.229. The van der Waals surface area contributed by atoms with Crippen LogP contribution in [0.4, 0.5) is 0 Å². The number of hydrogen-bond acceptors (Lipinski definition) is 2. The van der Waals surface area contributed by atoms with Crippen molar-refractivity contribution in [2.24, 2.45) is 10.7 Å². The van der Waals surface area contributed by atoms with Gasteiger partial charge >= 0.3 is 0 Å². The number of aliphatic hydroxyl groups excluding tert-OH is 1. The van der Waals surface area contributed by atoms with E-state index >= 15 is 0 Å². The number of aliphatic hydroxyl groups is 1. The molecule has 0 aromatic carbocycles. The van der Waals surface area contributed by atoms with Crippen molar-refractivity contribution in [1.82, 2.24) is 5.32 Å². The summed E-state index contributed by atoms with van der Waals surface area (Å²) in [5, 5.41) is 11.2. The molecule has 0 amide bonds. The van der Waals surface area contributed by atoms with Crippen LogP contribution >= 0.6 is 0 Å². The Morgan fingerprint density at radius 1 is 1.80 bits per heavy atom. The van der Waals surface area contributed by atoms with Gasteiger partial charge in [0.2, 0.25) is 0 Å². The van der Waals surface area contributed by atoms with Crippen LogP contribution in [0.5, 0.6) is 0 Å². The third-order valence-corrected chi connectivity index (χ3v) is 0.625. The van der Waals surface area contributed by atoms with Gasteiger partial charge in [-0.3, -0.25) is 0 Å². The maximum atomic E-state index is 8.66. The summed E-state index contributed by atoms with van der Waals surface area (Å²) in [6, 6.07) is 0. The molecule has 4 nitrogen and oxygen atoms in total. The van der Waals surface area contributed by atoms with Crippen molar-refractivity contribution in [2.75, 3.05) is 0 Å². The smallest absolute Gasteiger partial charge is 0.109 e. The van der Waals surface area contributed by atoms with Crippen molar-refractivity contribution < 1.29 is 22.2 Å². The van der Waals surface area contributed by atoms with Crippen LogP contribution in [0.2, 0.25) is 0 Å². The minimum absolute atomic E-state index is 0. The van der Waals surface area contributed by atoms with Crippen molar-refractivity contribution in [3.8, 4) is 0 Å². The SMILES string of the molecule is C[CH-]N=C(N)NC(C)O.[Mn]. The molecule has 61 valence electrons. The van der Waals surface area contributed by atoms with E-state index in [2.05, 4.69) is 10.3 Å². The molecule has 0 spiro atoms. The van der Waals surface area contributed by atoms with Crippen molar-refractivity contribution in [1.29, 1.82) is 0 Å². The maximum Gasteiger partial charge on any atom is 0.109 e. The largest absolute Gasteiger partial charge is 0.447 e. The quantitative estimate of drug-likeness (QED) is 0.177. The zero-order chi connectivity index (χ0) is 7.28. The first-order valence-electron chi connectivity index (χ1n) is 2.72. The summed E-state index contributed by atoms with van der Waals surface area (Å²) < 4.78 is 0. The van der Waals surface area contributed by atoms with Gasteiger partial charge in [0.25, 0.3) is 0 Å². The van der Waals surface area contributed by atoms with Crippen LogP contribution in [0.1, 0.15) is 13.8 Å². The summed E-state index contributed by atoms with van der Waals surface area (Å²) in [6.07, 6.45) is -0.645. The van der Waals surface area contributed by atoms with E-state index in [1.807, 2.05) is 0 Å². The van der Waals surface area contributed by atoms with Gasteiger partial charge in [0.15, 0.2) is 0 Å².